The average Bonchev–Trinajstić information content (AvgIpc) is 2.20. The zero-order valence-electron chi connectivity index (χ0n) is 8.94. The summed E-state index contributed by atoms with van der Waals surface area (Å²) >= 11 is 0. The molecule has 0 saturated carbocycles. The summed E-state index contributed by atoms with van der Waals surface area (Å²) in [7, 11) is 0. The molecule has 0 saturated heterocycles. The highest BCUT2D eigenvalue weighted by Crippen LogP contribution is 2.25. The first-order valence-corrected chi connectivity index (χ1v) is 5.11. The van der Waals surface area contributed by atoms with Gasteiger partial charge in [0.25, 0.3) is 0 Å². The molecule has 0 aromatic carbocycles. The van der Waals surface area contributed by atoms with E-state index in [0.717, 1.165) is 17.6 Å². The van der Waals surface area contributed by atoms with Crippen LogP contribution in [0, 0.1) is 5.92 Å². The van der Waals surface area contributed by atoms with E-state index in [1.807, 2.05) is 6.92 Å². The first-order valence-electron chi connectivity index (χ1n) is 5.11. The first-order chi connectivity index (χ1) is 7.04. The molecule has 1 aliphatic rings. The van der Waals surface area contributed by atoms with E-state index < -0.39 is 12.0 Å². The van der Waals surface area contributed by atoms with Crippen molar-refractivity contribution in [1.82, 2.24) is 0 Å². The normalized spacial score (nSPS) is 23.0. The van der Waals surface area contributed by atoms with Gasteiger partial charge in [-0.05, 0) is 37.8 Å². The number of aliphatic carboxylic acids is 1. The number of hydrogen-bond donors (Lipinski definition) is 3. The SMILES string of the molecule is CC1=CC(CN)CC=C1C[C@H](N)C(=O)O. The third-order valence-electron chi connectivity index (χ3n) is 2.72. The van der Waals surface area contributed by atoms with E-state index in [-0.39, 0.29) is 0 Å². The van der Waals surface area contributed by atoms with Crippen molar-refractivity contribution in [3.8, 4) is 0 Å². The third kappa shape index (κ3) is 3.18. The van der Waals surface area contributed by atoms with Gasteiger partial charge in [0.2, 0.25) is 0 Å². The molecular weight excluding hydrogens is 192 g/mol. The van der Waals surface area contributed by atoms with Crippen molar-refractivity contribution in [1.29, 1.82) is 0 Å². The molecule has 0 radical (unpaired) electrons. The molecule has 0 aromatic heterocycles. The molecule has 0 aliphatic heterocycles. The maximum absolute atomic E-state index is 10.6. The topological polar surface area (TPSA) is 89.3 Å². The van der Waals surface area contributed by atoms with Crippen LogP contribution in [0.15, 0.2) is 23.3 Å². The van der Waals surface area contributed by atoms with E-state index in [1.54, 1.807) is 0 Å². The Morgan fingerprint density at radius 2 is 2.40 bits per heavy atom. The van der Waals surface area contributed by atoms with Gasteiger partial charge in [0.1, 0.15) is 6.04 Å². The molecule has 4 heteroatoms. The molecule has 0 aromatic rings. The molecule has 5 N–H and O–H groups in total. The van der Waals surface area contributed by atoms with Crippen LogP contribution in [0.25, 0.3) is 0 Å². The van der Waals surface area contributed by atoms with Crippen molar-refractivity contribution in [2.24, 2.45) is 17.4 Å². The van der Waals surface area contributed by atoms with Crippen LogP contribution < -0.4 is 11.5 Å². The van der Waals surface area contributed by atoms with Crippen LogP contribution in [0.4, 0.5) is 0 Å². The lowest BCUT2D eigenvalue weighted by atomic mass is 9.88. The van der Waals surface area contributed by atoms with Gasteiger partial charge in [-0.3, -0.25) is 4.79 Å². The first kappa shape index (κ1) is 11.9. The molecule has 0 bridgehead atoms. The van der Waals surface area contributed by atoms with Crippen LogP contribution in [-0.2, 0) is 4.79 Å². The van der Waals surface area contributed by atoms with Crippen LogP contribution in [0.5, 0.6) is 0 Å². The molecular formula is C11H18N2O2. The Kier molecular flexibility index (Phi) is 4.05. The summed E-state index contributed by atoms with van der Waals surface area (Å²) in [5, 5.41) is 8.71. The molecule has 84 valence electrons. The van der Waals surface area contributed by atoms with Gasteiger partial charge in [-0.1, -0.05) is 17.7 Å². The van der Waals surface area contributed by atoms with Crippen molar-refractivity contribution < 1.29 is 9.90 Å². The summed E-state index contributed by atoms with van der Waals surface area (Å²) in [4.78, 5) is 10.6. The van der Waals surface area contributed by atoms with Crippen molar-refractivity contribution in [3.05, 3.63) is 23.3 Å². The van der Waals surface area contributed by atoms with Crippen molar-refractivity contribution in [2.45, 2.75) is 25.8 Å². The maximum Gasteiger partial charge on any atom is 0.320 e. The van der Waals surface area contributed by atoms with Gasteiger partial charge in [0, 0.05) is 0 Å². The van der Waals surface area contributed by atoms with Crippen molar-refractivity contribution >= 4 is 5.97 Å². The van der Waals surface area contributed by atoms with E-state index in [9.17, 15) is 4.79 Å². The van der Waals surface area contributed by atoms with Gasteiger partial charge < -0.3 is 16.6 Å². The van der Waals surface area contributed by atoms with Crippen molar-refractivity contribution in [3.63, 3.8) is 0 Å². The van der Waals surface area contributed by atoms with E-state index in [2.05, 4.69) is 12.2 Å². The fourth-order valence-electron chi connectivity index (χ4n) is 1.72. The second-order valence-electron chi connectivity index (χ2n) is 3.96. The quantitative estimate of drug-likeness (QED) is 0.635. The number of rotatable bonds is 4. The molecule has 0 spiro atoms. The second-order valence-corrected chi connectivity index (χ2v) is 3.96. The van der Waals surface area contributed by atoms with Gasteiger partial charge in [-0.15, -0.1) is 0 Å². The number of hydrogen-bond acceptors (Lipinski definition) is 3. The minimum absolute atomic E-state index is 0.384. The van der Waals surface area contributed by atoms with Gasteiger partial charge in [0.15, 0.2) is 0 Å². The molecule has 1 rings (SSSR count). The van der Waals surface area contributed by atoms with E-state index >= 15 is 0 Å². The monoisotopic (exact) mass is 210 g/mol. The number of carboxylic acids is 1. The number of carbonyl (C=O) groups is 1. The molecule has 1 unspecified atom stereocenters. The summed E-state index contributed by atoms with van der Waals surface area (Å²) < 4.78 is 0. The zero-order valence-corrected chi connectivity index (χ0v) is 8.94. The van der Waals surface area contributed by atoms with Crippen LogP contribution in [-0.4, -0.2) is 23.7 Å². The smallest absolute Gasteiger partial charge is 0.320 e. The predicted molar refractivity (Wildman–Crippen MR) is 59.2 cm³/mol. The standard InChI is InChI=1S/C11H18N2O2/c1-7-4-8(6-12)2-3-9(7)5-10(13)11(14)15/h3-4,8,10H,2,5-6,12-13H2,1H3,(H,14,15)/t8?,10-/m0/s1. The predicted octanol–water partition coefficient (Wildman–Crippen LogP) is 0.640. The Labute approximate surface area is 89.6 Å². The lowest BCUT2D eigenvalue weighted by Crippen LogP contribution is -2.31. The Morgan fingerprint density at radius 3 is 2.87 bits per heavy atom. The highest BCUT2D eigenvalue weighted by atomic mass is 16.4. The number of allylic oxidation sites excluding steroid dienone is 2. The lowest BCUT2D eigenvalue weighted by Gasteiger charge is -2.19. The summed E-state index contributed by atoms with van der Waals surface area (Å²) in [5.74, 6) is -0.570. The van der Waals surface area contributed by atoms with Crippen LogP contribution >= 0.6 is 0 Å². The largest absolute Gasteiger partial charge is 0.480 e. The second kappa shape index (κ2) is 5.09. The summed E-state index contributed by atoms with van der Waals surface area (Å²) in [6.45, 7) is 2.61. The molecule has 2 atom stereocenters. The van der Waals surface area contributed by atoms with Gasteiger partial charge >= 0.3 is 5.97 Å². The summed E-state index contributed by atoms with van der Waals surface area (Å²) in [5.41, 5.74) is 13.2. The Bertz CT molecular complexity index is 308. The Morgan fingerprint density at radius 1 is 1.73 bits per heavy atom. The van der Waals surface area contributed by atoms with Gasteiger partial charge in [0.05, 0.1) is 0 Å². The van der Waals surface area contributed by atoms with E-state index in [0.29, 0.717) is 18.9 Å². The molecule has 4 nitrogen and oxygen atoms in total. The minimum atomic E-state index is -0.954. The minimum Gasteiger partial charge on any atom is -0.480 e. The average molecular weight is 210 g/mol. The van der Waals surface area contributed by atoms with Crippen molar-refractivity contribution in [2.75, 3.05) is 6.54 Å². The zero-order chi connectivity index (χ0) is 11.4. The van der Waals surface area contributed by atoms with E-state index in [4.69, 9.17) is 16.6 Å². The van der Waals surface area contributed by atoms with E-state index in [1.165, 1.54) is 0 Å². The summed E-state index contributed by atoms with van der Waals surface area (Å²) in [6.07, 6.45) is 5.43. The molecule has 1 aliphatic carbocycles. The third-order valence-corrected chi connectivity index (χ3v) is 2.72. The highest BCUT2D eigenvalue weighted by molar-refractivity contribution is 5.73. The molecule has 0 fully saturated rings. The maximum atomic E-state index is 10.6. The van der Waals surface area contributed by atoms with Gasteiger partial charge in [-0.25, -0.2) is 0 Å². The Hall–Kier alpha value is -1.13. The van der Waals surface area contributed by atoms with Gasteiger partial charge in [-0.2, -0.15) is 0 Å². The number of nitrogens with two attached hydrogens (primary N) is 2. The van der Waals surface area contributed by atoms with Crippen LogP contribution in [0.1, 0.15) is 19.8 Å². The highest BCUT2D eigenvalue weighted by Gasteiger charge is 2.17. The summed E-state index contributed by atoms with van der Waals surface area (Å²) in [6, 6.07) is -0.811. The Balaban J connectivity index is 2.62. The fourth-order valence-corrected chi connectivity index (χ4v) is 1.72. The van der Waals surface area contributed by atoms with Crippen LogP contribution in [0.2, 0.25) is 0 Å². The molecule has 15 heavy (non-hydrogen) atoms. The number of carboxylic acid groups (broad SMARTS) is 1. The molecule has 0 amide bonds. The lowest BCUT2D eigenvalue weighted by molar-refractivity contribution is -0.138. The fraction of sp³-hybridized carbons (Fsp3) is 0.545. The molecule has 0 heterocycles. The van der Waals surface area contributed by atoms with Crippen LogP contribution in [0.3, 0.4) is 0 Å².